The van der Waals surface area contributed by atoms with Gasteiger partial charge >= 0.3 is 0 Å². The molecule has 0 radical (unpaired) electrons. The molecule has 0 N–H and O–H groups in total. The van der Waals surface area contributed by atoms with Gasteiger partial charge in [-0.15, -0.1) is 4.40 Å². The zero-order valence-corrected chi connectivity index (χ0v) is 13.5. The van der Waals surface area contributed by atoms with Crippen molar-refractivity contribution in [1.82, 2.24) is 9.88 Å². The quantitative estimate of drug-likeness (QED) is 0.841. The highest BCUT2D eigenvalue weighted by Gasteiger charge is 2.28. The molecule has 0 saturated carbocycles. The molecule has 0 spiro atoms. The van der Waals surface area contributed by atoms with Gasteiger partial charge in [0.2, 0.25) is 0 Å². The summed E-state index contributed by atoms with van der Waals surface area (Å²) in [5, 5.41) is 0. The Morgan fingerprint density at radius 3 is 2.58 bits per heavy atom. The molecule has 2 aliphatic rings. The molecule has 2 aromatic rings. The molecular formula is C17H14N4O2S. The molecule has 4 rings (SSSR count). The van der Waals surface area contributed by atoms with E-state index in [-0.39, 0.29) is 5.75 Å². The van der Waals surface area contributed by atoms with Gasteiger partial charge in [-0.1, -0.05) is 36.4 Å². The molecule has 2 aliphatic heterocycles. The van der Waals surface area contributed by atoms with Crippen LogP contribution in [0.25, 0.3) is 16.7 Å². The monoisotopic (exact) mass is 338 g/mol. The zero-order chi connectivity index (χ0) is 16.6. The van der Waals surface area contributed by atoms with Crippen LogP contribution in [-0.2, 0) is 10.0 Å². The van der Waals surface area contributed by atoms with Crippen LogP contribution in [0.4, 0.5) is 0 Å². The summed E-state index contributed by atoms with van der Waals surface area (Å²) in [4.78, 5) is 10.4. The molecule has 0 saturated heterocycles. The van der Waals surface area contributed by atoms with Crippen LogP contribution in [0.15, 0.2) is 64.3 Å². The lowest BCUT2D eigenvalue weighted by Crippen LogP contribution is -2.40. The molecule has 0 fully saturated rings. The molecule has 6 nitrogen and oxygen atoms in total. The highest BCUT2D eigenvalue weighted by Crippen LogP contribution is 2.25. The lowest BCUT2D eigenvalue weighted by molar-refractivity contribution is 0.574. The second-order valence-electron chi connectivity index (χ2n) is 5.50. The summed E-state index contributed by atoms with van der Waals surface area (Å²) in [7, 11) is -3.43. The minimum atomic E-state index is -3.43. The van der Waals surface area contributed by atoms with E-state index in [0.29, 0.717) is 23.6 Å². The summed E-state index contributed by atoms with van der Waals surface area (Å²) in [6, 6.07) is 13.8. The molecule has 1 aromatic heterocycles. The van der Waals surface area contributed by atoms with Crippen molar-refractivity contribution in [2.75, 3.05) is 12.3 Å². The van der Waals surface area contributed by atoms with Crippen molar-refractivity contribution in [3.63, 3.8) is 0 Å². The Labute approximate surface area is 140 Å². The first kappa shape index (κ1) is 14.8. The first-order chi connectivity index (χ1) is 11.6. The smallest absolute Gasteiger partial charge is 0.256 e. The highest BCUT2D eigenvalue weighted by atomic mass is 32.2. The Morgan fingerprint density at radius 2 is 1.83 bits per heavy atom. The number of pyridine rings is 1. The van der Waals surface area contributed by atoms with Crippen LogP contribution >= 0.6 is 0 Å². The maximum absolute atomic E-state index is 11.8. The van der Waals surface area contributed by atoms with E-state index in [1.54, 1.807) is 23.6 Å². The SMILES string of the molecule is O=S1(=O)CCN2C=NC=C(c3ccc(-c4ccccc4)cn3)C2=N1. The van der Waals surface area contributed by atoms with Gasteiger partial charge in [0.25, 0.3) is 10.0 Å². The number of fused-ring (bicyclic) bond motifs is 1. The first-order valence-corrected chi connectivity index (χ1v) is 9.08. The van der Waals surface area contributed by atoms with Crippen LogP contribution in [0.1, 0.15) is 5.69 Å². The number of aromatic nitrogens is 1. The molecule has 120 valence electrons. The summed E-state index contributed by atoms with van der Waals surface area (Å²) in [5.41, 5.74) is 3.33. The molecule has 24 heavy (non-hydrogen) atoms. The summed E-state index contributed by atoms with van der Waals surface area (Å²) in [6.07, 6.45) is 4.96. The minimum Gasteiger partial charge on any atom is -0.315 e. The number of nitrogens with zero attached hydrogens (tertiary/aromatic N) is 4. The number of hydrogen-bond acceptors (Lipinski definition) is 5. The maximum Gasteiger partial charge on any atom is 0.256 e. The fourth-order valence-corrected chi connectivity index (χ4v) is 3.63. The Kier molecular flexibility index (Phi) is 3.50. The Morgan fingerprint density at radius 1 is 1.00 bits per heavy atom. The molecule has 0 atom stereocenters. The third kappa shape index (κ3) is 2.74. The van der Waals surface area contributed by atoms with Gasteiger partial charge in [0.1, 0.15) is 0 Å². The van der Waals surface area contributed by atoms with Crippen LogP contribution in [0.2, 0.25) is 0 Å². The lowest BCUT2D eigenvalue weighted by atomic mass is 10.1. The van der Waals surface area contributed by atoms with Crippen LogP contribution in [0.5, 0.6) is 0 Å². The Balaban J connectivity index is 1.72. The Hall–Kier alpha value is -2.80. The molecule has 0 aliphatic carbocycles. The normalized spacial score (nSPS) is 18.6. The summed E-state index contributed by atoms with van der Waals surface area (Å²) < 4.78 is 27.5. The van der Waals surface area contributed by atoms with Gasteiger partial charge in [-0.3, -0.25) is 4.98 Å². The van der Waals surface area contributed by atoms with Crippen molar-refractivity contribution >= 4 is 27.8 Å². The molecule has 0 amide bonds. The highest BCUT2D eigenvalue weighted by molar-refractivity contribution is 7.90. The fourth-order valence-electron chi connectivity index (χ4n) is 2.65. The number of benzene rings is 1. The van der Waals surface area contributed by atoms with Crippen molar-refractivity contribution in [2.24, 2.45) is 9.39 Å². The summed E-state index contributed by atoms with van der Waals surface area (Å²) in [5.74, 6) is 0.382. The van der Waals surface area contributed by atoms with Crippen LogP contribution in [0, 0.1) is 0 Å². The predicted molar refractivity (Wildman–Crippen MR) is 94.1 cm³/mol. The zero-order valence-electron chi connectivity index (χ0n) is 12.7. The summed E-state index contributed by atoms with van der Waals surface area (Å²) >= 11 is 0. The van der Waals surface area contributed by atoms with Crippen molar-refractivity contribution in [2.45, 2.75) is 0 Å². The standard InChI is InChI=1S/C17H14N4O2S/c22-24(23)9-8-21-12-18-11-15(17(21)20-24)16-7-6-14(10-19-16)13-4-2-1-3-5-13/h1-7,10-12H,8-9H2. The van der Waals surface area contributed by atoms with Gasteiger partial charge in [-0.05, 0) is 11.6 Å². The van der Waals surface area contributed by atoms with Gasteiger partial charge in [0.05, 0.1) is 23.4 Å². The molecule has 0 unspecified atom stereocenters. The average Bonchev–Trinajstić information content (AvgIpc) is 2.61. The van der Waals surface area contributed by atoms with Crippen LogP contribution in [0.3, 0.4) is 0 Å². The lowest BCUT2D eigenvalue weighted by Gasteiger charge is -2.27. The number of amidine groups is 1. The third-order valence-corrected chi connectivity index (χ3v) is 5.03. The van der Waals surface area contributed by atoms with Crippen molar-refractivity contribution in [3.05, 3.63) is 60.6 Å². The van der Waals surface area contributed by atoms with Crippen molar-refractivity contribution in [3.8, 4) is 11.1 Å². The van der Waals surface area contributed by atoms with Gasteiger partial charge in [-0.2, -0.15) is 0 Å². The second-order valence-corrected chi connectivity index (χ2v) is 7.25. The first-order valence-electron chi connectivity index (χ1n) is 7.47. The molecular weight excluding hydrogens is 324 g/mol. The largest absolute Gasteiger partial charge is 0.315 e. The average molecular weight is 338 g/mol. The van der Waals surface area contributed by atoms with E-state index in [1.807, 2.05) is 42.5 Å². The van der Waals surface area contributed by atoms with E-state index in [2.05, 4.69) is 14.4 Å². The van der Waals surface area contributed by atoms with Crippen LogP contribution < -0.4 is 0 Å². The van der Waals surface area contributed by atoms with E-state index < -0.39 is 10.0 Å². The molecule has 0 bridgehead atoms. The maximum atomic E-state index is 11.8. The van der Waals surface area contributed by atoms with E-state index in [4.69, 9.17) is 0 Å². The molecule has 1 aromatic carbocycles. The van der Waals surface area contributed by atoms with E-state index in [9.17, 15) is 8.42 Å². The van der Waals surface area contributed by atoms with Crippen molar-refractivity contribution in [1.29, 1.82) is 0 Å². The topological polar surface area (TPSA) is 75.0 Å². The van der Waals surface area contributed by atoms with Crippen LogP contribution in [-0.4, -0.2) is 42.8 Å². The number of sulfonamides is 1. The molecule has 7 heteroatoms. The second kappa shape index (κ2) is 5.68. The third-order valence-electron chi connectivity index (χ3n) is 3.88. The van der Waals surface area contributed by atoms with E-state index >= 15 is 0 Å². The summed E-state index contributed by atoms with van der Waals surface area (Å²) in [6.45, 7) is 0.351. The van der Waals surface area contributed by atoms with Gasteiger partial charge in [0.15, 0.2) is 5.84 Å². The van der Waals surface area contributed by atoms with E-state index in [1.165, 1.54) is 0 Å². The number of aliphatic imine (C=N–C) groups is 1. The van der Waals surface area contributed by atoms with Crippen molar-refractivity contribution < 1.29 is 8.42 Å². The van der Waals surface area contributed by atoms with Gasteiger partial charge in [-0.25, -0.2) is 13.4 Å². The Bertz CT molecular complexity index is 961. The minimum absolute atomic E-state index is 0.00380. The van der Waals surface area contributed by atoms with Gasteiger partial charge in [0, 0.05) is 24.5 Å². The predicted octanol–water partition coefficient (Wildman–Crippen LogP) is 2.18. The number of hydrogen-bond donors (Lipinski definition) is 0. The number of rotatable bonds is 2. The molecule has 3 heterocycles. The van der Waals surface area contributed by atoms with E-state index in [0.717, 1.165) is 11.1 Å². The van der Waals surface area contributed by atoms with Gasteiger partial charge < -0.3 is 4.90 Å². The fraction of sp³-hybridized carbons (Fsp3) is 0.118.